The second kappa shape index (κ2) is 5.33. The average Bonchev–Trinajstić information content (AvgIpc) is 2.33. The summed E-state index contributed by atoms with van der Waals surface area (Å²) < 4.78 is 0. The highest BCUT2D eigenvalue weighted by Crippen LogP contribution is 2.27. The Bertz CT molecular complexity index is 448. The second-order valence-electron chi connectivity index (χ2n) is 6.26. The lowest BCUT2D eigenvalue weighted by Gasteiger charge is -2.41. The van der Waals surface area contributed by atoms with Crippen molar-refractivity contribution in [1.29, 1.82) is 0 Å². The first-order valence-electron chi connectivity index (χ1n) is 6.91. The quantitative estimate of drug-likeness (QED) is 0.835. The zero-order chi connectivity index (χ0) is 14.0. The summed E-state index contributed by atoms with van der Waals surface area (Å²) in [4.78, 5) is 16.1. The third kappa shape index (κ3) is 3.35. The maximum Gasteiger partial charge on any atom is 0.136 e. The maximum atomic E-state index is 11.6. The fourth-order valence-electron chi connectivity index (χ4n) is 2.66. The molecular formula is C16H24N2O. The highest BCUT2D eigenvalue weighted by molar-refractivity contribution is 5.80. The average molecular weight is 260 g/mol. The van der Waals surface area contributed by atoms with Crippen LogP contribution in [-0.2, 0) is 11.3 Å². The molecule has 1 saturated heterocycles. The van der Waals surface area contributed by atoms with Gasteiger partial charge in [0.15, 0.2) is 0 Å². The number of benzene rings is 1. The molecule has 2 rings (SSSR count). The van der Waals surface area contributed by atoms with Crippen LogP contribution in [0.2, 0.25) is 0 Å². The Balaban J connectivity index is 2.06. The van der Waals surface area contributed by atoms with Crippen molar-refractivity contribution in [3.05, 3.63) is 29.8 Å². The third-order valence-electron chi connectivity index (χ3n) is 3.97. The molecule has 0 aromatic heterocycles. The molecule has 0 bridgehead atoms. The standard InChI is InChI=1S/C16H24N2O/c1-16(2)11-15(19)9-10-18(16)12-13-5-7-14(8-6-13)17(3)4/h5-8H,9-12H2,1-4H3. The van der Waals surface area contributed by atoms with Crippen LogP contribution < -0.4 is 4.90 Å². The van der Waals surface area contributed by atoms with Gasteiger partial charge in [-0.3, -0.25) is 9.69 Å². The summed E-state index contributed by atoms with van der Waals surface area (Å²) in [5.41, 5.74) is 2.51. The number of Topliss-reactive ketones (excluding diaryl/α,β-unsaturated/α-hetero) is 1. The van der Waals surface area contributed by atoms with Crippen molar-refractivity contribution >= 4 is 11.5 Å². The first-order valence-corrected chi connectivity index (χ1v) is 6.91. The Labute approximate surface area is 116 Å². The maximum absolute atomic E-state index is 11.6. The summed E-state index contributed by atoms with van der Waals surface area (Å²) in [5, 5.41) is 0. The predicted molar refractivity (Wildman–Crippen MR) is 79.5 cm³/mol. The first-order chi connectivity index (χ1) is 8.88. The predicted octanol–water partition coefficient (Wildman–Crippen LogP) is 2.70. The van der Waals surface area contributed by atoms with Crippen LogP contribution in [0.1, 0.15) is 32.3 Å². The van der Waals surface area contributed by atoms with Crippen LogP contribution in [0, 0.1) is 0 Å². The van der Waals surface area contributed by atoms with Gasteiger partial charge in [-0.1, -0.05) is 12.1 Å². The Hall–Kier alpha value is -1.35. The van der Waals surface area contributed by atoms with Gasteiger partial charge in [-0.15, -0.1) is 0 Å². The van der Waals surface area contributed by atoms with E-state index < -0.39 is 0 Å². The molecule has 1 aromatic carbocycles. The Morgan fingerprint density at radius 1 is 1.21 bits per heavy atom. The van der Waals surface area contributed by atoms with Crippen LogP contribution in [-0.4, -0.2) is 36.9 Å². The Kier molecular flexibility index (Phi) is 3.95. The number of ketones is 1. The summed E-state index contributed by atoms with van der Waals surface area (Å²) in [7, 11) is 4.10. The summed E-state index contributed by atoms with van der Waals surface area (Å²) in [6.07, 6.45) is 1.36. The SMILES string of the molecule is CN(C)c1ccc(CN2CCC(=O)CC2(C)C)cc1. The zero-order valence-corrected chi connectivity index (χ0v) is 12.4. The normalized spacial score (nSPS) is 19.5. The molecule has 0 saturated carbocycles. The number of rotatable bonds is 3. The number of hydrogen-bond donors (Lipinski definition) is 0. The number of likely N-dealkylation sites (tertiary alicyclic amines) is 1. The number of carbonyl (C=O) groups is 1. The van der Waals surface area contributed by atoms with E-state index in [2.05, 4.69) is 47.9 Å². The van der Waals surface area contributed by atoms with Gasteiger partial charge in [0, 0.05) is 51.3 Å². The van der Waals surface area contributed by atoms with E-state index >= 15 is 0 Å². The molecule has 0 N–H and O–H groups in total. The van der Waals surface area contributed by atoms with E-state index in [0.717, 1.165) is 13.1 Å². The van der Waals surface area contributed by atoms with E-state index in [1.54, 1.807) is 0 Å². The van der Waals surface area contributed by atoms with Crippen molar-refractivity contribution in [2.45, 2.75) is 38.8 Å². The van der Waals surface area contributed by atoms with Crippen LogP contribution in [0.15, 0.2) is 24.3 Å². The van der Waals surface area contributed by atoms with Gasteiger partial charge in [0.2, 0.25) is 0 Å². The van der Waals surface area contributed by atoms with Gasteiger partial charge in [-0.25, -0.2) is 0 Å². The molecule has 3 nitrogen and oxygen atoms in total. The highest BCUT2D eigenvalue weighted by Gasteiger charge is 2.33. The van der Waals surface area contributed by atoms with Gasteiger partial charge in [0.25, 0.3) is 0 Å². The molecule has 0 radical (unpaired) electrons. The van der Waals surface area contributed by atoms with Crippen molar-refractivity contribution in [3.8, 4) is 0 Å². The first kappa shape index (κ1) is 14.1. The van der Waals surface area contributed by atoms with Gasteiger partial charge in [0.05, 0.1) is 0 Å². The lowest BCUT2D eigenvalue weighted by atomic mass is 9.89. The molecule has 19 heavy (non-hydrogen) atoms. The van der Waals surface area contributed by atoms with E-state index in [-0.39, 0.29) is 5.54 Å². The lowest BCUT2D eigenvalue weighted by Crippen LogP contribution is -2.49. The largest absolute Gasteiger partial charge is 0.378 e. The van der Waals surface area contributed by atoms with Crippen molar-refractivity contribution < 1.29 is 4.79 Å². The second-order valence-corrected chi connectivity index (χ2v) is 6.26. The number of piperidine rings is 1. The Morgan fingerprint density at radius 2 is 1.84 bits per heavy atom. The van der Waals surface area contributed by atoms with Crippen LogP contribution in [0.4, 0.5) is 5.69 Å². The molecule has 0 amide bonds. The lowest BCUT2D eigenvalue weighted by molar-refractivity contribution is -0.125. The van der Waals surface area contributed by atoms with Crippen molar-refractivity contribution in [3.63, 3.8) is 0 Å². The molecule has 104 valence electrons. The Morgan fingerprint density at radius 3 is 2.37 bits per heavy atom. The van der Waals surface area contributed by atoms with Gasteiger partial charge >= 0.3 is 0 Å². The van der Waals surface area contributed by atoms with E-state index in [1.165, 1.54) is 11.3 Å². The molecule has 1 heterocycles. The third-order valence-corrected chi connectivity index (χ3v) is 3.97. The molecule has 1 fully saturated rings. The van der Waals surface area contributed by atoms with E-state index in [9.17, 15) is 4.79 Å². The number of hydrogen-bond acceptors (Lipinski definition) is 3. The van der Waals surface area contributed by atoms with Crippen LogP contribution in [0.5, 0.6) is 0 Å². The summed E-state index contributed by atoms with van der Waals surface area (Å²) in [6, 6.07) is 8.67. The summed E-state index contributed by atoms with van der Waals surface area (Å²) >= 11 is 0. The molecule has 0 aliphatic carbocycles. The van der Waals surface area contributed by atoms with E-state index in [0.29, 0.717) is 18.6 Å². The van der Waals surface area contributed by atoms with Crippen molar-refractivity contribution in [2.75, 3.05) is 25.5 Å². The minimum Gasteiger partial charge on any atom is -0.378 e. The van der Waals surface area contributed by atoms with Crippen LogP contribution >= 0.6 is 0 Å². The van der Waals surface area contributed by atoms with Gasteiger partial charge in [0.1, 0.15) is 5.78 Å². The minimum atomic E-state index is -0.0183. The molecule has 3 heteroatoms. The monoisotopic (exact) mass is 260 g/mol. The number of anilines is 1. The summed E-state index contributed by atoms with van der Waals surface area (Å²) in [6.45, 7) is 6.13. The van der Waals surface area contributed by atoms with Crippen LogP contribution in [0.3, 0.4) is 0 Å². The number of carbonyl (C=O) groups excluding carboxylic acids is 1. The fraction of sp³-hybridized carbons (Fsp3) is 0.562. The fourth-order valence-corrected chi connectivity index (χ4v) is 2.66. The minimum absolute atomic E-state index is 0.0183. The molecule has 0 spiro atoms. The van der Waals surface area contributed by atoms with Crippen molar-refractivity contribution in [1.82, 2.24) is 4.90 Å². The van der Waals surface area contributed by atoms with Gasteiger partial charge < -0.3 is 4.90 Å². The smallest absolute Gasteiger partial charge is 0.136 e. The molecule has 1 aliphatic rings. The van der Waals surface area contributed by atoms with E-state index in [4.69, 9.17) is 0 Å². The molecule has 0 unspecified atom stereocenters. The molecule has 1 aromatic rings. The van der Waals surface area contributed by atoms with Crippen LogP contribution in [0.25, 0.3) is 0 Å². The molecular weight excluding hydrogens is 236 g/mol. The van der Waals surface area contributed by atoms with Gasteiger partial charge in [-0.2, -0.15) is 0 Å². The van der Waals surface area contributed by atoms with Gasteiger partial charge in [-0.05, 0) is 31.5 Å². The van der Waals surface area contributed by atoms with E-state index in [1.807, 2.05) is 14.1 Å². The molecule has 0 atom stereocenters. The molecule has 1 aliphatic heterocycles. The zero-order valence-electron chi connectivity index (χ0n) is 12.4. The van der Waals surface area contributed by atoms with Crippen molar-refractivity contribution in [2.24, 2.45) is 0 Å². The highest BCUT2D eigenvalue weighted by atomic mass is 16.1. The topological polar surface area (TPSA) is 23.6 Å². The number of nitrogens with zero attached hydrogens (tertiary/aromatic N) is 2. The summed E-state index contributed by atoms with van der Waals surface area (Å²) in [5.74, 6) is 0.393.